The molecule has 4 saturated heterocycles. The number of hydrogen-bond donors (Lipinski definition) is 2. The van der Waals surface area contributed by atoms with Crippen LogP contribution in [0.25, 0.3) is 28.1 Å². The summed E-state index contributed by atoms with van der Waals surface area (Å²) in [5.74, 6) is 5.37. The van der Waals surface area contributed by atoms with Crippen LogP contribution in [0.3, 0.4) is 0 Å². The molecule has 4 unspecified atom stereocenters. The first-order valence-corrected chi connectivity index (χ1v) is 17.3. The maximum atomic E-state index is 16.9. The predicted molar refractivity (Wildman–Crippen MR) is 187 cm³/mol. The SMILES string of the molecule is C#C/C=C\c1cc(O)cc(-c2ccc3c(N4CC5CCC(C4)N5)nc(OCC4(CN5C6CCC5CN(C)C6)CC4)nc3c2F)c1CC#C. The van der Waals surface area contributed by atoms with Crippen LogP contribution in [0.4, 0.5) is 10.2 Å². The molecule has 1 saturated carbocycles. The lowest BCUT2D eigenvalue weighted by Gasteiger charge is -2.41. The maximum absolute atomic E-state index is 16.9. The first-order valence-electron chi connectivity index (χ1n) is 17.3. The van der Waals surface area contributed by atoms with Crippen LogP contribution in [0.5, 0.6) is 11.8 Å². The lowest BCUT2D eigenvalue weighted by molar-refractivity contribution is 0.0517. The van der Waals surface area contributed by atoms with Crippen molar-refractivity contribution in [2.24, 2.45) is 5.41 Å². The van der Waals surface area contributed by atoms with E-state index >= 15 is 4.39 Å². The Morgan fingerprint density at radius 3 is 2.48 bits per heavy atom. The molecule has 2 aromatic carbocycles. The number of anilines is 1. The number of halogens is 1. The van der Waals surface area contributed by atoms with Crippen LogP contribution >= 0.6 is 0 Å². The molecule has 4 atom stereocenters. The van der Waals surface area contributed by atoms with Crippen LogP contribution < -0.4 is 15.0 Å². The zero-order chi connectivity index (χ0) is 33.0. The first kappa shape index (κ1) is 31.1. The van der Waals surface area contributed by atoms with Gasteiger partial charge in [0.15, 0.2) is 5.82 Å². The van der Waals surface area contributed by atoms with Crippen molar-refractivity contribution in [3.05, 3.63) is 47.3 Å². The molecule has 0 radical (unpaired) electrons. The Morgan fingerprint density at radius 1 is 1.04 bits per heavy atom. The van der Waals surface area contributed by atoms with Crippen LogP contribution in [0.15, 0.2) is 30.3 Å². The summed E-state index contributed by atoms with van der Waals surface area (Å²) in [5.41, 5.74) is 2.45. The summed E-state index contributed by atoms with van der Waals surface area (Å²) < 4.78 is 23.4. The van der Waals surface area contributed by atoms with Gasteiger partial charge in [-0.15, -0.1) is 18.8 Å². The zero-order valence-electron chi connectivity index (χ0n) is 27.6. The number of phenols is 1. The molecule has 4 bridgehead atoms. The number of fused-ring (bicyclic) bond motifs is 5. The Labute approximate surface area is 282 Å². The first-order chi connectivity index (χ1) is 23.3. The summed E-state index contributed by atoms with van der Waals surface area (Å²) in [6.07, 6.45) is 21.7. The van der Waals surface area contributed by atoms with Crippen molar-refractivity contribution < 1.29 is 14.2 Å². The van der Waals surface area contributed by atoms with Crippen molar-refractivity contribution in [2.45, 2.75) is 69.1 Å². The highest BCUT2D eigenvalue weighted by atomic mass is 19.1. The van der Waals surface area contributed by atoms with E-state index in [1.54, 1.807) is 30.4 Å². The zero-order valence-corrected chi connectivity index (χ0v) is 27.6. The number of nitrogens with one attached hydrogen (secondary N) is 1. The molecular formula is C39H43FN6O2. The second kappa shape index (κ2) is 12.4. The van der Waals surface area contributed by atoms with Gasteiger partial charge in [-0.25, -0.2) is 4.39 Å². The van der Waals surface area contributed by atoms with Crippen molar-refractivity contribution >= 4 is 22.8 Å². The molecule has 4 aliphatic heterocycles. The molecule has 5 aliphatic rings. The fourth-order valence-electron chi connectivity index (χ4n) is 8.70. The van der Waals surface area contributed by atoms with E-state index in [4.69, 9.17) is 27.6 Å². The van der Waals surface area contributed by atoms with Gasteiger partial charge in [-0.3, -0.25) is 4.90 Å². The van der Waals surface area contributed by atoms with Crippen molar-refractivity contribution in [1.82, 2.24) is 25.1 Å². The fraction of sp³-hybridized carbons (Fsp3) is 0.487. The Hall–Kier alpha value is -4.15. The Balaban J connectivity index is 1.16. The molecule has 48 heavy (non-hydrogen) atoms. The predicted octanol–water partition coefficient (Wildman–Crippen LogP) is 4.84. The lowest BCUT2D eigenvalue weighted by atomic mass is 9.91. The van der Waals surface area contributed by atoms with Gasteiger partial charge >= 0.3 is 6.01 Å². The lowest BCUT2D eigenvalue weighted by Crippen LogP contribution is -2.54. The number of ether oxygens (including phenoxy) is 1. The monoisotopic (exact) mass is 646 g/mol. The van der Waals surface area contributed by atoms with E-state index in [2.05, 4.69) is 38.9 Å². The third-order valence-corrected chi connectivity index (χ3v) is 11.3. The van der Waals surface area contributed by atoms with Gasteiger partial charge < -0.3 is 25.0 Å². The molecule has 0 spiro atoms. The number of benzene rings is 2. The van der Waals surface area contributed by atoms with Gasteiger partial charge in [0.2, 0.25) is 0 Å². The van der Waals surface area contributed by atoms with Crippen LogP contribution in [-0.4, -0.2) is 95.4 Å². The van der Waals surface area contributed by atoms with Gasteiger partial charge in [-0.05, 0) is 92.6 Å². The molecule has 1 aromatic heterocycles. The number of hydrogen-bond acceptors (Lipinski definition) is 8. The number of rotatable bonds is 9. The van der Waals surface area contributed by atoms with Crippen molar-refractivity contribution in [3.8, 4) is 47.6 Å². The molecule has 0 amide bonds. The standard InChI is InChI=1S/C39H43FN6O2/c1-4-6-8-25-17-30(47)18-34(31(25)7-5-2)32-13-14-33-36(35(32)40)42-38(43-37(33)45-19-26-9-10-27(20-45)41-26)48-24-39(15-16-39)23-46-28-11-12-29(46)22-44(3)21-28/h1-2,6,8,13-14,17-18,26-29,41,47H,7,9-12,15-16,19-24H2,3H3/b8-6-. The van der Waals surface area contributed by atoms with E-state index < -0.39 is 5.82 Å². The number of terminal acetylenes is 2. The van der Waals surface area contributed by atoms with Crippen LogP contribution in [0, 0.1) is 35.9 Å². The summed E-state index contributed by atoms with van der Waals surface area (Å²) in [7, 11) is 2.23. The summed E-state index contributed by atoms with van der Waals surface area (Å²) in [4.78, 5) is 17.2. The molecule has 3 aromatic rings. The molecule has 9 heteroatoms. The maximum Gasteiger partial charge on any atom is 0.319 e. The molecule has 2 N–H and O–H groups in total. The largest absolute Gasteiger partial charge is 0.508 e. The van der Waals surface area contributed by atoms with Crippen LogP contribution in [0.2, 0.25) is 0 Å². The molecule has 5 fully saturated rings. The molecule has 248 valence electrons. The molecule has 8 nitrogen and oxygen atoms in total. The summed E-state index contributed by atoms with van der Waals surface area (Å²) in [6, 6.07) is 8.99. The normalized spacial score (nSPS) is 26.2. The van der Waals surface area contributed by atoms with E-state index in [1.165, 1.54) is 12.8 Å². The summed E-state index contributed by atoms with van der Waals surface area (Å²) >= 11 is 0. The van der Waals surface area contributed by atoms with E-state index in [0.717, 1.165) is 58.4 Å². The van der Waals surface area contributed by atoms with E-state index in [1.807, 2.05) is 6.07 Å². The summed E-state index contributed by atoms with van der Waals surface area (Å²) in [5, 5.41) is 15.0. The second-order valence-electron chi connectivity index (χ2n) is 14.7. The number of likely N-dealkylation sites (tertiary alicyclic amines) is 1. The average molecular weight is 647 g/mol. The third-order valence-electron chi connectivity index (χ3n) is 11.3. The van der Waals surface area contributed by atoms with Gasteiger partial charge in [0.25, 0.3) is 0 Å². The number of aromatic nitrogens is 2. The number of aromatic hydroxyl groups is 1. The van der Waals surface area contributed by atoms with Crippen LogP contribution in [-0.2, 0) is 6.42 Å². The molecule has 8 rings (SSSR count). The Kier molecular flexibility index (Phi) is 8.03. The minimum Gasteiger partial charge on any atom is -0.508 e. The van der Waals surface area contributed by atoms with Gasteiger partial charge in [0.05, 0.1) is 6.61 Å². The van der Waals surface area contributed by atoms with Gasteiger partial charge in [0.1, 0.15) is 17.1 Å². The topological polar surface area (TPSA) is 77.0 Å². The highest BCUT2D eigenvalue weighted by molar-refractivity contribution is 5.94. The minimum atomic E-state index is -0.495. The van der Waals surface area contributed by atoms with E-state index in [9.17, 15) is 5.11 Å². The van der Waals surface area contributed by atoms with Gasteiger partial charge in [-0.2, -0.15) is 9.97 Å². The average Bonchev–Trinajstić information content (AvgIpc) is 3.71. The molecule has 5 heterocycles. The highest BCUT2D eigenvalue weighted by Gasteiger charge is 2.50. The molecular weight excluding hydrogens is 603 g/mol. The van der Waals surface area contributed by atoms with Crippen molar-refractivity contribution in [3.63, 3.8) is 0 Å². The smallest absolute Gasteiger partial charge is 0.319 e. The van der Waals surface area contributed by atoms with Gasteiger partial charge in [-0.1, -0.05) is 12.0 Å². The quantitative estimate of drug-likeness (QED) is 0.320. The second-order valence-corrected chi connectivity index (χ2v) is 14.7. The Morgan fingerprint density at radius 2 is 1.79 bits per heavy atom. The van der Waals surface area contributed by atoms with Crippen LogP contribution in [0.1, 0.15) is 49.7 Å². The highest BCUT2D eigenvalue weighted by Crippen LogP contribution is 2.49. The Bertz CT molecular complexity index is 1830. The van der Waals surface area contributed by atoms with E-state index in [-0.39, 0.29) is 29.1 Å². The van der Waals surface area contributed by atoms with Gasteiger partial charge in [0, 0.05) is 79.7 Å². The summed E-state index contributed by atoms with van der Waals surface area (Å²) in [6.45, 7) is 5.39. The van der Waals surface area contributed by atoms with E-state index in [0.29, 0.717) is 64.2 Å². The van der Waals surface area contributed by atoms with Crippen molar-refractivity contribution in [2.75, 3.05) is 51.3 Å². The third kappa shape index (κ3) is 5.79. The minimum absolute atomic E-state index is 0.00542. The molecule has 1 aliphatic carbocycles. The van der Waals surface area contributed by atoms with Crippen molar-refractivity contribution in [1.29, 1.82) is 0 Å². The number of piperazine rings is 2. The number of phenolic OH excluding ortho intramolecular Hbond substituents is 1. The fourth-order valence-corrected chi connectivity index (χ4v) is 8.70. The number of likely N-dealkylation sites (N-methyl/N-ethyl adjacent to an activating group) is 1. The number of nitrogens with zero attached hydrogens (tertiary/aromatic N) is 5. The number of allylic oxidation sites excluding steroid dienone is 1.